The van der Waals surface area contributed by atoms with Gasteiger partial charge in [-0.2, -0.15) is 13.2 Å². The minimum Gasteiger partial charge on any atom is -0.478 e. The van der Waals surface area contributed by atoms with E-state index in [-0.39, 0.29) is 11.2 Å². The third kappa shape index (κ3) is 4.66. The molecule has 1 aliphatic heterocycles. The van der Waals surface area contributed by atoms with Gasteiger partial charge in [-0.3, -0.25) is 4.40 Å². The second-order valence-corrected chi connectivity index (χ2v) is 9.30. The van der Waals surface area contributed by atoms with Crippen LogP contribution < -0.4 is 10.2 Å². The molecule has 2 aromatic heterocycles. The zero-order valence-corrected chi connectivity index (χ0v) is 20.6. The number of nitrogens with one attached hydrogen (secondary N) is 1. The molecular formula is C26H26F3N5O3. The molecule has 194 valence electrons. The van der Waals surface area contributed by atoms with Crippen LogP contribution in [-0.4, -0.2) is 51.7 Å². The van der Waals surface area contributed by atoms with Crippen molar-refractivity contribution in [3.8, 4) is 0 Å². The van der Waals surface area contributed by atoms with Gasteiger partial charge in [-0.1, -0.05) is 17.7 Å². The lowest BCUT2D eigenvalue weighted by atomic mass is 10.00. The predicted molar refractivity (Wildman–Crippen MR) is 133 cm³/mol. The number of aromatic carboxylic acids is 1. The molecule has 0 radical (unpaired) electrons. The van der Waals surface area contributed by atoms with Gasteiger partial charge in [0.15, 0.2) is 5.69 Å². The summed E-state index contributed by atoms with van der Waals surface area (Å²) >= 11 is 0. The molecule has 11 heteroatoms. The molecule has 0 amide bonds. The smallest absolute Gasteiger partial charge is 0.434 e. The van der Waals surface area contributed by atoms with E-state index in [1.165, 1.54) is 4.40 Å². The summed E-state index contributed by atoms with van der Waals surface area (Å²) in [6.45, 7) is 7.37. The summed E-state index contributed by atoms with van der Waals surface area (Å²) in [4.78, 5) is 22.6. The zero-order valence-electron chi connectivity index (χ0n) is 20.6. The SMILES string of the molecule is Cc1ccc(N[C@H](C)c2cc(C)cc3c2nc(N2CCOCC2)n2cc(C(F)(F)F)nc32)c(C(=O)O)c1. The van der Waals surface area contributed by atoms with Gasteiger partial charge in [0, 0.05) is 35.9 Å². The number of hydrogen-bond acceptors (Lipinski definition) is 6. The molecule has 5 rings (SSSR count). The maximum absolute atomic E-state index is 13.7. The number of imidazole rings is 1. The van der Waals surface area contributed by atoms with Crippen LogP contribution in [0.1, 0.15) is 45.7 Å². The first kappa shape index (κ1) is 24.8. The Morgan fingerprint density at radius 3 is 2.51 bits per heavy atom. The maximum Gasteiger partial charge on any atom is 0.434 e. The van der Waals surface area contributed by atoms with Crippen molar-refractivity contribution in [2.45, 2.75) is 33.0 Å². The summed E-state index contributed by atoms with van der Waals surface area (Å²) < 4.78 is 47.9. The molecule has 0 saturated carbocycles. The number of nitrogens with zero attached hydrogens (tertiary/aromatic N) is 4. The number of morpholine rings is 1. The maximum atomic E-state index is 13.7. The average molecular weight is 514 g/mol. The zero-order chi connectivity index (χ0) is 26.5. The summed E-state index contributed by atoms with van der Waals surface area (Å²) in [5, 5.41) is 13.4. The van der Waals surface area contributed by atoms with Crippen LogP contribution in [0.4, 0.5) is 24.8 Å². The Hall–Kier alpha value is -3.86. The monoisotopic (exact) mass is 513 g/mol. The van der Waals surface area contributed by atoms with Gasteiger partial charge in [-0.25, -0.2) is 14.8 Å². The highest BCUT2D eigenvalue weighted by atomic mass is 19.4. The van der Waals surface area contributed by atoms with Crippen LogP contribution in [0.5, 0.6) is 0 Å². The largest absolute Gasteiger partial charge is 0.478 e. The van der Waals surface area contributed by atoms with Gasteiger partial charge in [0.05, 0.1) is 30.3 Å². The molecular weight excluding hydrogens is 487 g/mol. The first-order valence-electron chi connectivity index (χ1n) is 11.9. The number of halogens is 3. The topological polar surface area (TPSA) is 92.0 Å². The van der Waals surface area contributed by atoms with E-state index in [0.29, 0.717) is 48.8 Å². The minimum atomic E-state index is -4.61. The molecule has 8 nitrogen and oxygen atoms in total. The summed E-state index contributed by atoms with van der Waals surface area (Å²) in [5.41, 5.74) is 2.61. The Kier molecular flexibility index (Phi) is 6.18. The number of carbonyl (C=O) groups is 1. The molecule has 37 heavy (non-hydrogen) atoms. The predicted octanol–water partition coefficient (Wildman–Crippen LogP) is 5.23. The summed E-state index contributed by atoms with van der Waals surface area (Å²) in [5.74, 6) is -0.702. The number of aryl methyl sites for hydroxylation is 2. The van der Waals surface area contributed by atoms with E-state index < -0.39 is 23.9 Å². The van der Waals surface area contributed by atoms with Crippen molar-refractivity contribution in [3.63, 3.8) is 0 Å². The van der Waals surface area contributed by atoms with Gasteiger partial charge in [0.25, 0.3) is 0 Å². The van der Waals surface area contributed by atoms with E-state index in [9.17, 15) is 23.1 Å². The van der Waals surface area contributed by atoms with Crippen LogP contribution in [0.3, 0.4) is 0 Å². The molecule has 1 saturated heterocycles. The first-order chi connectivity index (χ1) is 17.5. The van der Waals surface area contributed by atoms with E-state index in [2.05, 4.69) is 10.3 Å². The summed E-state index contributed by atoms with van der Waals surface area (Å²) in [6.07, 6.45) is -3.62. The second-order valence-electron chi connectivity index (χ2n) is 9.30. The summed E-state index contributed by atoms with van der Waals surface area (Å²) in [6, 6.07) is 8.40. The number of alkyl halides is 3. The normalized spacial score (nSPS) is 15.4. The Labute approximate surface area is 210 Å². The van der Waals surface area contributed by atoms with E-state index in [1.807, 2.05) is 37.8 Å². The number of ether oxygens (including phenoxy) is 1. The quantitative estimate of drug-likeness (QED) is 0.378. The fourth-order valence-corrected chi connectivity index (χ4v) is 4.70. The number of carboxylic acid groups (broad SMARTS) is 1. The molecule has 0 unspecified atom stereocenters. The van der Waals surface area contributed by atoms with Crippen LogP contribution in [0.25, 0.3) is 16.6 Å². The Morgan fingerprint density at radius 2 is 1.84 bits per heavy atom. The number of aromatic nitrogens is 3. The fraction of sp³-hybridized carbons (Fsp3) is 0.346. The van der Waals surface area contributed by atoms with E-state index >= 15 is 0 Å². The van der Waals surface area contributed by atoms with Crippen LogP contribution in [0.15, 0.2) is 36.5 Å². The van der Waals surface area contributed by atoms with Gasteiger partial charge in [-0.05, 0) is 44.5 Å². The fourth-order valence-electron chi connectivity index (χ4n) is 4.70. The second kappa shape index (κ2) is 9.22. The van der Waals surface area contributed by atoms with Crippen molar-refractivity contribution in [1.82, 2.24) is 14.4 Å². The molecule has 2 N–H and O–H groups in total. The highest BCUT2D eigenvalue weighted by Gasteiger charge is 2.35. The van der Waals surface area contributed by atoms with Gasteiger partial charge < -0.3 is 20.1 Å². The van der Waals surface area contributed by atoms with Crippen molar-refractivity contribution in [1.29, 1.82) is 0 Å². The molecule has 0 bridgehead atoms. The van der Waals surface area contributed by atoms with Gasteiger partial charge in [0.1, 0.15) is 5.65 Å². The van der Waals surface area contributed by atoms with E-state index in [1.54, 1.807) is 18.2 Å². The molecule has 0 aliphatic carbocycles. The highest BCUT2D eigenvalue weighted by Crippen LogP contribution is 2.35. The third-order valence-electron chi connectivity index (χ3n) is 6.49. The minimum absolute atomic E-state index is 0.135. The molecule has 1 fully saturated rings. The molecule has 1 aliphatic rings. The summed E-state index contributed by atoms with van der Waals surface area (Å²) in [7, 11) is 0. The number of benzene rings is 2. The Balaban J connectivity index is 1.71. The van der Waals surface area contributed by atoms with Crippen LogP contribution in [-0.2, 0) is 10.9 Å². The van der Waals surface area contributed by atoms with Crippen LogP contribution in [0.2, 0.25) is 0 Å². The average Bonchev–Trinajstić information content (AvgIpc) is 3.31. The number of hydrogen-bond donors (Lipinski definition) is 2. The number of fused-ring (bicyclic) bond motifs is 3. The number of rotatable bonds is 5. The van der Waals surface area contributed by atoms with Gasteiger partial charge in [0.2, 0.25) is 5.95 Å². The molecule has 2 aromatic carbocycles. The first-order valence-corrected chi connectivity index (χ1v) is 11.9. The third-order valence-corrected chi connectivity index (χ3v) is 6.49. The van der Waals surface area contributed by atoms with Crippen molar-refractivity contribution in [2.24, 2.45) is 0 Å². The Bertz CT molecular complexity index is 1510. The molecule has 3 heterocycles. The standard InChI is InChI=1S/C26H26F3N5O3/c1-14-4-5-20(18(10-14)24(35)36)30-16(3)17-11-15(2)12-19-22(17)32-25(33-6-8-37-9-7-33)34-13-21(26(27,28)29)31-23(19)34/h4-5,10-13,16,30H,6-9H2,1-3H3,(H,35,36)/t16-/m1/s1. The van der Waals surface area contributed by atoms with E-state index in [0.717, 1.165) is 22.9 Å². The lowest BCUT2D eigenvalue weighted by molar-refractivity contribution is -0.140. The molecule has 4 aromatic rings. The van der Waals surface area contributed by atoms with Crippen LogP contribution in [0, 0.1) is 13.8 Å². The van der Waals surface area contributed by atoms with Crippen LogP contribution >= 0.6 is 0 Å². The Morgan fingerprint density at radius 1 is 1.11 bits per heavy atom. The van der Waals surface area contributed by atoms with Crippen molar-refractivity contribution in [2.75, 3.05) is 36.5 Å². The van der Waals surface area contributed by atoms with Gasteiger partial charge >= 0.3 is 12.1 Å². The molecule has 1 atom stereocenters. The van der Waals surface area contributed by atoms with Gasteiger partial charge in [-0.15, -0.1) is 0 Å². The lowest BCUT2D eigenvalue weighted by Crippen LogP contribution is -2.38. The number of anilines is 2. The number of carboxylic acids is 1. The van der Waals surface area contributed by atoms with Crippen molar-refractivity contribution in [3.05, 3.63) is 64.5 Å². The van der Waals surface area contributed by atoms with E-state index in [4.69, 9.17) is 9.72 Å². The highest BCUT2D eigenvalue weighted by molar-refractivity contribution is 5.97. The van der Waals surface area contributed by atoms with Crippen molar-refractivity contribution >= 4 is 34.2 Å². The molecule has 0 spiro atoms. The lowest BCUT2D eigenvalue weighted by Gasteiger charge is -2.29. The van der Waals surface area contributed by atoms with Crippen molar-refractivity contribution < 1.29 is 27.8 Å².